The summed E-state index contributed by atoms with van der Waals surface area (Å²) in [4.78, 5) is 25.0. The van der Waals surface area contributed by atoms with E-state index in [1.165, 1.54) is 18.5 Å². The molecule has 1 aromatic carbocycles. The van der Waals surface area contributed by atoms with E-state index in [2.05, 4.69) is 25.3 Å². The number of carbonyl (C=O) groups excluding carboxylic acids is 1. The summed E-state index contributed by atoms with van der Waals surface area (Å²) in [6.45, 7) is 14.4. The number of aryl methyl sites for hydroxylation is 1. The van der Waals surface area contributed by atoms with Gasteiger partial charge >= 0.3 is 6.09 Å². The van der Waals surface area contributed by atoms with Crippen molar-refractivity contribution in [2.75, 3.05) is 36.4 Å². The molecule has 196 valence electrons. The number of benzene rings is 1. The van der Waals surface area contributed by atoms with Crippen LogP contribution in [0.2, 0.25) is 0 Å². The van der Waals surface area contributed by atoms with Crippen LogP contribution in [-0.2, 0) is 4.74 Å². The molecule has 0 unspecified atom stereocenters. The van der Waals surface area contributed by atoms with Gasteiger partial charge in [-0.3, -0.25) is 0 Å². The standard InChI is InChI=1S/C27H33FN6O3/c1-16(2)23-22(17(3)32-37-23)19-9-18(28)7-8-20(19)31-21-10-29-15-30-24(21)33-11-27(12-33)13-34(14-27)25(35)36-26(4,5)6/h7-10,15-16,31H,11-14H2,1-6H3. The Hall–Kier alpha value is -3.69. The first-order chi connectivity index (χ1) is 17.4. The maximum Gasteiger partial charge on any atom is 0.410 e. The smallest absolute Gasteiger partial charge is 0.410 e. The van der Waals surface area contributed by atoms with Gasteiger partial charge in [-0.15, -0.1) is 0 Å². The van der Waals surface area contributed by atoms with Gasteiger partial charge < -0.3 is 24.4 Å². The second kappa shape index (κ2) is 9.00. The molecule has 0 aliphatic carbocycles. The highest BCUT2D eigenvalue weighted by atomic mass is 19.1. The minimum Gasteiger partial charge on any atom is -0.444 e. The fraction of sp³-hybridized carbons (Fsp3) is 0.481. The Morgan fingerprint density at radius 1 is 1.19 bits per heavy atom. The average Bonchev–Trinajstić information content (AvgIpc) is 3.14. The number of halogens is 1. The van der Waals surface area contributed by atoms with Gasteiger partial charge in [0.2, 0.25) is 0 Å². The van der Waals surface area contributed by atoms with Crippen LogP contribution in [0.3, 0.4) is 0 Å². The van der Waals surface area contributed by atoms with Gasteiger partial charge in [0, 0.05) is 54.3 Å². The first-order valence-corrected chi connectivity index (χ1v) is 12.5. The lowest BCUT2D eigenvalue weighted by atomic mass is 9.73. The third-order valence-electron chi connectivity index (χ3n) is 6.68. The quantitative estimate of drug-likeness (QED) is 0.482. The Morgan fingerprint density at radius 3 is 2.59 bits per heavy atom. The van der Waals surface area contributed by atoms with Crippen molar-refractivity contribution in [1.29, 1.82) is 0 Å². The Kier molecular flexibility index (Phi) is 6.08. The zero-order valence-electron chi connectivity index (χ0n) is 22.1. The van der Waals surface area contributed by atoms with E-state index in [-0.39, 0.29) is 23.2 Å². The number of aromatic nitrogens is 3. The number of nitrogens with zero attached hydrogens (tertiary/aromatic N) is 5. The highest BCUT2D eigenvalue weighted by Gasteiger charge is 2.54. The van der Waals surface area contributed by atoms with E-state index in [9.17, 15) is 9.18 Å². The third-order valence-corrected chi connectivity index (χ3v) is 6.68. The number of amides is 1. The second-order valence-corrected chi connectivity index (χ2v) is 11.4. The van der Waals surface area contributed by atoms with Gasteiger partial charge in [0.15, 0.2) is 5.82 Å². The molecular weight excluding hydrogens is 475 g/mol. The molecule has 2 fully saturated rings. The van der Waals surface area contributed by atoms with E-state index in [1.807, 2.05) is 41.5 Å². The van der Waals surface area contributed by atoms with Gasteiger partial charge in [0.1, 0.15) is 29.2 Å². The van der Waals surface area contributed by atoms with Crippen molar-refractivity contribution in [3.63, 3.8) is 0 Å². The van der Waals surface area contributed by atoms with Gasteiger partial charge in [-0.1, -0.05) is 19.0 Å². The molecule has 4 heterocycles. The highest BCUT2D eigenvalue weighted by Crippen LogP contribution is 2.44. The van der Waals surface area contributed by atoms with Crippen molar-refractivity contribution in [2.45, 2.75) is 53.1 Å². The summed E-state index contributed by atoms with van der Waals surface area (Å²) in [5, 5.41) is 7.56. The molecule has 5 rings (SSSR count). The average molecular weight is 509 g/mol. The van der Waals surface area contributed by atoms with Crippen LogP contribution in [0.25, 0.3) is 11.1 Å². The van der Waals surface area contributed by atoms with Crippen molar-refractivity contribution in [3.05, 3.63) is 48.0 Å². The number of ether oxygens (including phenoxy) is 1. The number of rotatable bonds is 5. The summed E-state index contributed by atoms with van der Waals surface area (Å²) in [7, 11) is 0. The summed E-state index contributed by atoms with van der Waals surface area (Å²) in [5.74, 6) is 1.21. The van der Waals surface area contributed by atoms with E-state index >= 15 is 0 Å². The van der Waals surface area contributed by atoms with Crippen LogP contribution in [-0.4, -0.2) is 57.9 Å². The molecular formula is C27H33FN6O3. The minimum absolute atomic E-state index is 0.0475. The Bertz CT molecular complexity index is 1320. The predicted octanol–water partition coefficient (Wildman–Crippen LogP) is 5.50. The Balaban J connectivity index is 1.34. The van der Waals surface area contributed by atoms with E-state index in [4.69, 9.17) is 9.26 Å². The lowest BCUT2D eigenvalue weighted by molar-refractivity contribution is -0.0454. The molecule has 1 N–H and O–H groups in total. The van der Waals surface area contributed by atoms with Crippen LogP contribution in [0.4, 0.5) is 26.4 Å². The normalized spacial score (nSPS) is 16.5. The van der Waals surface area contributed by atoms with Crippen LogP contribution < -0.4 is 10.2 Å². The highest BCUT2D eigenvalue weighted by molar-refractivity contribution is 5.85. The zero-order chi connectivity index (χ0) is 26.5. The number of hydrogen-bond acceptors (Lipinski definition) is 8. The van der Waals surface area contributed by atoms with Gasteiger partial charge in [-0.25, -0.2) is 19.2 Å². The van der Waals surface area contributed by atoms with Crippen molar-refractivity contribution in [2.24, 2.45) is 5.41 Å². The van der Waals surface area contributed by atoms with E-state index < -0.39 is 5.60 Å². The molecule has 9 nitrogen and oxygen atoms in total. The molecule has 1 amide bonds. The summed E-state index contributed by atoms with van der Waals surface area (Å²) < 4.78 is 25.4. The molecule has 0 atom stereocenters. The van der Waals surface area contributed by atoms with Crippen molar-refractivity contribution >= 4 is 23.3 Å². The maximum absolute atomic E-state index is 14.4. The molecule has 1 spiro atoms. The molecule has 10 heteroatoms. The van der Waals surface area contributed by atoms with Crippen LogP contribution in [0.1, 0.15) is 52.0 Å². The van der Waals surface area contributed by atoms with Crippen molar-refractivity contribution < 1.29 is 18.4 Å². The SMILES string of the molecule is Cc1noc(C(C)C)c1-c1cc(F)ccc1Nc1cncnc1N1CC2(CN(C(=O)OC(C)(C)C)C2)C1. The largest absolute Gasteiger partial charge is 0.444 e. The van der Waals surface area contributed by atoms with Gasteiger partial charge in [-0.2, -0.15) is 0 Å². The molecule has 2 aliphatic rings. The Morgan fingerprint density at radius 2 is 1.92 bits per heavy atom. The molecule has 2 saturated heterocycles. The first-order valence-electron chi connectivity index (χ1n) is 12.5. The monoisotopic (exact) mass is 508 g/mol. The molecule has 0 radical (unpaired) electrons. The van der Waals surface area contributed by atoms with Crippen LogP contribution in [0.15, 0.2) is 35.2 Å². The van der Waals surface area contributed by atoms with Crippen molar-refractivity contribution in [1.82, 2.24) is 20.0 Å². The van der Waals surface area contributed by atoms with E-state index in [0.29, 0.717) is 41.5 Å². The number of likely N-dealkylation sites (tertiary alicyclic amines) is 1. The molecule has 3 aromatic rings. The van der Waals surface area contributed by atoms with Crippen LogP contribution >= 0.6 is 0 Å². The summed E-state index contributed by atoms with van der Waals surface area (Å²) in [6, 6.07) is 4.63. The molecule has 0 bridgehead atoms. The lowest BCUT2D eigenvalue weighted by Gasteiger charge is -2.60. The lowest BCUT2D eigenvalue weighted by Crippen LogP contribution is -2.73. The zero-order valence-corrected chi connectivity index (χ0v) is 22.1. The first kappa shape index (κ1) is 25.0. The van der Waals surface area contributed by atoms with Gasteiger partial charge in [0.05, 0.1) is 11.9 Å². The number of anilines is 3. The number of hydrogen-bond donors (Lipinski definition) is 1. The van der Waals surface area contributed by atoms with E-state index in [0.717, 1.165) is 24.5 Å². The summed E-state index contributed by atoms with van der Waals surface area (Å²) in [6.07, 6.45) is 2.97. The summed E-state index contributed by atoms with van der Waals surface area (Å²) in [5.41, 5.74) is 3.12. The third kappa shape index (κ3) is 4.84. The van der Waals surface area contributed by atoms with E-state index in [1.54, 1.807) is 17.2 Å². The number of carbonyl (C=O) groups is 1. The maximum atomic E-state index is 14.4. The Labute approximate surface area is 216 Å². The molecule has 2 aliphatic heterocycles. The summed E-state index contributed by atoms with van der Waals surface area (Å²) >= 11 is 0. The van der Waals surface area contributed by atoms with Crippen LogP contribution in [0.5, 0.6) is 0 Å². The fourth-order valence-electron chi connectivity index (χ4n) is 5.08. The van der Waals surface area contributed by atoms with Crippen LogP contribution in [0, 0.1) is 18.2 Å². The second-order valence-electron chi connectivity index (χ2n) is 11.4. The van der Waals surface area contributed by atoms with Crippen molar-refractivity contribution in [3.8, 4) is 11.1 Å². The molecule has 0 saturated carbocycles. The topological polar surface area (TPSA) is 96.6 Å². The molecule has 37 heavy (non-hydrogen) atoms. The number of nitrogens with one attached hydrogen (secondary N) is 1. The van der Waals surface area contributed by atoms with Gasteiger partial charge in [-0.05, 0) is 45.9 Å². The predicted molar refractivity (Wildman–Crippen MR) is 138 cm³/mol. The molecule has 2 aromatic heterocycles. The minimum atomic E-state index is -0.507. The fourth-order valence-corrected chi connectivity index (χ4v) is 5.08. The van der Waals surface area contributed by atoms with Gasteiger partial charge in [0.25, 0.3) is 0 Å².